The Morgan fingerprint density at radius 2 is 1.76 bits per heavy atom. The van der Waals surface area contributed by atoms with E-state index < -0.39 is 0 Å². The van der Waals surface area contributed by atoms with Crippen molar-refractivity contribution in [2.24, 2.45) is 5.92 Å². The van der Waals surface area contributed by atoms with Crippen LogP contribution in [0.3, 0.4) is 0 Å². The van der Waals surface area contributed by atoms with Crippen molar-refractivity contribution in [3.8, 4) is 5.75 Å². The molecule has 1 aromatic carbocycles. The van der Waals surface area contributed by atoms with Gasteiger partial charge in [0, 0.05) is 64.2 Å². The number of carbonyl (C=O) groups excluding carboxylic acids is 2. The van der Waals surface area contributed by atoms with Gasteiger partial charge in [-0.25, -0.2) is 14.4 Å². The zero-order chi connectivity index (χ0) is 24.2. The number of halogens is 1. The van der Waals surface area contributed by atoms with Gasteiger partial charge >= 0.3 is 0 Å². The van der Waals surface area contributed by atoms with Crippen molar-refractivity contribution in [2.45, 2.75) is 32.8 Å². The Kier molecular flexibility index (Phi) is 7.41. The first-order chi connectivity index (χ1) is 16.3. The van der Waals surface area contributed by atoms with Gasteiger partial charge in [-0.15, -0.1) is 0 Å². The van der Waals surface area contributed by atoms with E-state index in [1.165, 1.54) is 12.1 Å². The number of piperazine rings is 1. The van der Waals surface area contributed by atoms with E-state index in [1.807, 2.05) is 4.90 Å². The number of aryl methyl sites for hydroxylation is 2. The number of ether oxygens (including phenoxy) is 1. The van der Waals surface area contributed by atoms with Crippen molar-refractivity contribution in [2.75, 3.05) is 46.3 Å². The number of rotatable bonds is 5. The molecule has 2 atom stereocenters. The van der Waals surface area contributed by atoms with Crippen LogP contribution in [0.4, 0.5) is 4.39 Å². The van der Waals surface area contributed by atoms with Crippen molar-refractivity contribution in [3.63, 3.8) is 0 Å². The summed E-state index contributed by atoms with van der Waals surface area (Å²) < 4.78 is 19.5. The Hall–Kier alpha value is -3.07. The Morgan fingerprint density at radius 1 is 1.06 bits per heavy atom. The lowest BCUT2D eigenvalue weighted by Gasteiger charge is -2.40. The summed E-state index contributed by atoms with van der Waals surface area (Å²) in [5.74, 6) is 0.624. The number of likely N-dealkylation sites (N-methyl/N-ethyl adjacent to an activating group) is 1. The molecule has 4 rings (SSSR count). The number of hydrogen-bond donors (Lipinski definition) is 0. The van der Waals surface area contributed by atoms with Crippen molar-refractivity contribution in [1.29, 1.82) is 0 Å². The van der Waals surface area contributed by atoms with Gasteiger partial charge in [0.2, 0.25) is 5.91 Å². The molecule has 34 heavy (non-hydrogen) atoms. The Morgan fingerprint density at radius 3 is 2.44 bits per heavy atom. The number of carbonyl (C=O) groups is 2. The molecule has 2 aliphatic rings. The largest absolute Gasteiger partial charge is 0.490 e. The molecule has 2 aliphatic heterocycles. The zero-order valence-corrected chi connectivity index (χ0v) is 20.0. The first-order valence-electron chi connectivity index (χ1n) is 11.8. The molecule has 0 unspecified atom stereocenters. The third kappa shape index (κ3) is 5.70. The number of nitrogens with zero attached hydrogens (tertiary/aromatic N) is 5. The van der Waals surface area contributed by atoms with E-state index in [2.05, 4.69) is 21.9 Å². The molecular formula is C25H32FN5O3. The summed E-state index contributed by atoms with van der Waals surface area (Å²) in [7, 11) is 2.05. The summed E-state index contributed by atoms with van der Waals surface area (Å²) >= 11 is 0. The average molecular weight is 470 g/mol. The molecule has 9 heteroatoms. The zero-order valence-electron chi connectivity index (χ0n) is 20.0. The Balaban J connectivity index is 1.50. The lowest BCUT2D eigenvalue weighted by molar-refractivity contribution is -0.135. The number of aromatic nitrogens is 2. The lowest BCUT2D eigenvalue weighted by atomic mass is 9.90. The summed E-state index contributed by atoms with van der Waals surface area (Å²) in [5.41, 5.74) is 1.12. The van der Waals surface area contributed by atoms with E-state index in [-0.39, 0.29) is 29.7 Å². The van der Waals surface area contributed by atoms with E-state index >= 15 is 0 Å². The van der Waals surface area contributed by atoms with Crippen LogP contribution in [0.15, 0.2) is 30.5 Å². The maximum Gasteiger partial charge on any atom is 0.257 e. The van der Waals surface area contributed by atoms with Crippen LogP contribution < -0.4 is 4.74 Å². The molecule has 0 aliphatic carbocycles. The van der Waals surface area contributed by atoms with Crippen molar-refractivity contribution in [1.82, 2.24) is 24.7 Å². The molecule has 2 amide bonds. The van der Waals surface area contributed by atoms with Gasteiger partial charge in [0.25, 0.3) is 5.91 Å². The minimum absolute atomic E-state index is 0.0787. The van der Waals surface area contributed by atoms with Crippen molar-refractivity contribution in [3.05, 3.63) is 53.4 Å². The van der Waals surface area contributed by atoms with Gasteiger partial charge in [-0.1, -0.05) is 0 Å². The molecule has 1 aromatic heterocycles. The second-order valence-electron chi connectivity index (χ2n) is 9.21. The SMILES string of the molecule is Cc1ncc(C(=O)N2CC[C@H](Oc3ccc(F)cc3)[C@@H](CC(=O)N3CCN(C)CC3)C2)c(C)n1. The second-order valence-corrected chi connectivity index (χ2v) is 9.21. The van der Waals surface area contributed by atoms with Gasteiger partial charge in [0.05, 0.1) is 11.3 Å². The summed E-state index contributed by atoms with van der Waals surface area (Å²) in [6.45, 7) is 7.60. The van der Waals surface area contributed by atoms with Crippen LogP contribution in [0.25, 0.3) is 0 Å². The first kappa shape index (κ1) is 24.1. The Labute approximate surface area is 199 Å². The van der Waals surface area contributed by atoms with Gasteiger partial charge in [-0.2, -0.15) is 0 Å². The van der Waals surface area contributed by atoms with Crippen LogP contribution in [0.1, 0.15) is 34.7 Å². The van der Waals surface area contributed by atoms with Gasteiger partial charge < -0.3 is 19.4 Å². The molecule has 3 heterocycles. The first-order valence-corrected chi connectivity index (χ1v) is 11.8. The third-order valence-electron chi connectivity index (χ3n) is 6.68. The molecule has 2 saturated heterocycles. The predicted molar refractivity (Wildman–Crippen MR) is 125 cm³/mol. The fourth-order valence-electron chi connectivity index (χ4n) is 4.61. The highest BCUT2D eigenvalue weighted by atomic mass is 19.1. The third-order valence-corrected chi connectivity index (χ3v) is 6.68. The number of amides is 2. The fourth-order valence-corrected chi connectivity index (χ4v) is 4.61. The number of likely N-dealkylation sites (tertiary alicyclic amines) is 1. The molecular weight excluding hydrogens is 437 g/mol. The van der Waals surface area contributed by atoms with Gasteiger partial charge in [-0.05, 0) is 45.2 Å². The molecule has 0 N–H and O–H groups in total. The summed E-state index contributed by atoms with van der Waals surface area (Å²) in [5, 5.41) is 0. The lowest BCUT2D eigenvalue weighted by Crippen LogP contribution is -2.51. The maximum atomic E-state index is 13.3. The quantitative estimate of drug-likeness (QED) is 0.669. The van der Waals surface area contributed by atoms with Gasteiger partial charge in [0.15, 0.2) is 0 Å². The van der Waals surface area contributed by atoms with Crippen LogP contribution in [-0.2, 0) is 4.79 Å². The van der Waals surface area contributed by atoms with E-state index in [0.717, 1.165) is 13.1 Å². The monoisotopic (exact) mass is 469 g/mol. The van der Waals surface area contributed by atoms with Gasteiger partial charge in [-0.3, -0.25) is 9.59 Å². The highest BCUT2D eigenvalue weighted by Crippen LogP contribution is 2.28. The molecule has 182 valence electrons. The van der Waals surface area contributed by atoms with Crippen LogP contribution in [0.2, 0.25) is 0 Å². The number of piperidine rings is 1. The summed E-state index contributed by atoms with van der Waals surface area (Å²) in [6.07, 6.45) is 2.20. The topological polar surface area (TPSA) is 78.9 Å². The minimum atomic E-state index is -0.328. The standard InChI is InChI=1S/C25H32FN5O3/c1-17-22(15-27-18(2)28-17)25(33)31-9-8-23(34-21-6-4-20(26)5-7-21)19(16-31)14-24(32)30-12-10-29(3)11-13-30/h4-7,15,19,23H,8-14,16H2,1-3H3/t19-,23-/m0/s1. The van der Waals surface area contributed by atoms with Crippen LogP contribution in [0, 0.1) is 25.6 Å². The molecule has 8 nitrogen and oxygen atoms in total. The smallest absolute Gasteiger partial charge is 0.257 e. The van der Waals surface area contributed by atoms with Gasteiger partial charge in [0.1, 0.15) is 23.5 Å². The predicted octanol–water partition coefficient (Wildman–Crippen LogP) is 2.31. The van der Waals surface area contributed by atoms with E-state index in [4.69, 9.17) is 4.74 Å². The minimum Gasteiger partial charge on any atom is -0.490 e. The average Bonchev–Trinajstić information content (AvgIpc) is 2.81. The van der Waals surface area contributed by atoms with Crippen molar-refractivity contribution >= 4 is 11.8 Å². The molecule has 2 fully saturated rings. The second kappa shape index (κ2) is 10.5. The van der Waals surface area contributed by atoms with Crippen molar-refractivity contribution < 1.29 is 18.7 Å². The van der Waals surface area contributed by atoms with Crippen LogP contribution >= 0.6 is 0 Å². The number of hydrogen-bond acceptors (Lipinski definition) is 6. The molecule has 2 aromatic rings. The number of benzene rings is 1. The summed E-state index contributed by atoms with van der Waals surface area (Å²) in [4.78, 5) is 40.8. The maximum absolute atomic E-state index is 13.3. The van der Waals surface area contributed by atoms with E-state index in [0.29, 0.717) is 61.9 Å². The highest BCUT2D eigenvalue weighted by Gasteiger charge is 2.36. The molecule has 0 bridgehead atoms. The molecule has 0 spiro atoms. The Bertz CT molecular complexity index is 1020. The van der Waals surface area contributed by atoms with E-state index in [9.17, 15) is 14.0 Å². The molecule has 0 saturated carbocycles. The normalized spacial score (nSPS) is 21.4. The fraction of sp³-hybridized carbons (Fsp3) is 0.520. The van der Waals surface area contributed by atoms with Crippen LogP contribution in [-0.4, -0.2) is 88.9 Å². The molecule has 0 radical (unpaired) electrons. The van der Waals surface area contributed by atoms with Crippen LogP contribution in [0.5, 0.6) is 5.75 Å². The van der Waals surface area contributed by atoms with E-state index in [1.54, 1.807) is 37.1 Å². The highest BCUT2D eigenvalue weighted by molar-refractivity contribution is 5.95. The summed E-state index contributed by atoms with van der Waals surface area (Å²) in [6, 6.07) is 5.91.